The van der Waals surface area contributed by atoms with E-state index in [0.717, 1.165) is 25.5 Å². The zero-order chi connectivity index (χ0) is 21.6. The van der Waals surface area contributed by atoms with Crippen LogP contribution in [-0.4, -0.2) is 58.6 Å². The summed E-state index contributed by atoms with van der Waals surface area (Å²) in [4.78, 5) is 2.49. The van der Waals surface area contributed by atoms with Gasteiger partial charge in [-0.15, -0.1) is 10.2 Å². The summed E-state index contributed by atoms with van der Waals surface area (Å²) in [6.45, 7) is 3.22. The van der Waals surface area contributed by atoms with Crippen LogP contribution in [0.25, 0.3) is 0 Å². The monoisotopic (exact) mass is 441 g/mol. The van der Waals surface area contributed by atoms with Crippen molar-refractivity contribution >= 4 is 10.0 Å². The van der Waals surface area contributed by atoms with Crippen LogP contribution in [0.1, 0.15) is 17.3 Å². The molecule has 162 valence electrons. The van der Waals surface area contributed by atoms with Crippen LogP contribution in [0.3, 0.4) is 0 Å². The van der Waals surface area contributed by atoms with Crippen molar-refractivity contribution in [1.82, 2.24) is 24.0 Å². The minimum absolute atomic E-state index is 0.0865. The molecule has 2 fully saturated rings. The number of rotatable bonds is 5. The average Bonchev–Trinajstić information content (AvgIpc) is 3.31. The fraction of sp³-hybridized carbons (Fsp3) is 0.364. The molecule has 2 aromatic carbocycles. The number of sulfonamides is 1. The standard InChI is InChI=1S/C22H24FN5O2S/c1-26-16-24-25-21(26)20-12-27(11-17-5-3-2-4-6-17)13-22(20)14-28(15-22)31(29,30)19-9-7-18(23)8-10-19/h2-10,16,20H,11-15H2,1H3. The van der Waals surface area contributed by atoms with E-state index in [4.69, 9.17) is 0 Å². The molecule has 7 nitrogen and oxygen atoms in total. The first kappa shape index (κ1) is 20.3. The van der Waals surface area contributed by atoms with E-state index in [1.165, 1.54) is 34.1 Å². The number of halogens is 1. The van der Waals surface area contributed by atoms with Crippen LogP contribution < -0.4 is 0 Å². The summed E-state index contributed by atoms with van der Waals surface area (Å²) in [5, 5.41) is 8.40. The number of hydrogen-bond acceptors (Lipinski definition) is 5. The van der Waals surface area contributed by atoms with Gasteiger partial charge in [0.2, 0.25) is 10.0 Å². The quantitative estimate of drug-likeness (QED) is 0.607. The fourth-order valence-electron chi connectivity index (χ4n) is 4.90. The molecule has 0 aliphatic carbocycles. The Balaban J connectivity index is 1.40. The molecule has 9 heteroatoms. The van der Waals surface area contributed by atoms with Crippen LogP contribution in [-0.2, 0) is 23.6 Å². The Morgan fingerprint density at radius 3 is 2.42 bits per heavy atom. The lowest BCUT2D eigenvalue weighted by Crippen LogP contribution is -2.61. The van der Waals surface area contributed by atoms with Gasteiger partial charge in [0.1, 0.15) is 18.0 Å². The minimum atomic E-state index is -3.66. The first-order valence-electron chi connectivity index (χ1n) is 10.2. The highest BCUT2D eigenvalue weighted by Gasteiger charge is 2.58. The molecular formula is C22H24FN5O2S. The Hall–Kier alpha value is -2.62. The molecule has 0 amide bonds. The molecular weight excluding hydrogens is 417 g/mol. The van der Waals surface area contributed by atoms with Gasteiger partial charge in [0.25, 0.3) is 0 Å². The highest BCUT2D eigenvalue weighted by Crippen LogP contribution is 2.50. The Morgan fingerprint density at radius 2 is 1.77 bits per heavy atom. The van der Waals surface area contributed by atoms with Crippen molar-refractivity contribution in [2.24, 2.45) is 12.5 Å². The number of hydrogen-bond donors (Lipinski definition) is 0. The molecule has 3 heterocycles. The van der Waals surface area contributed by atoms with Crippen LogP contribution >= 0.6 is 0 Å². The molecule has 1 aromatic heterocycles. The topological polar surface area (TPSA) is 71.3 Å². The van der Waals surface area contributed by atoms with E-state index < -0.39 is 15.8 Å². The third-order valence-electron chi connectivity index (χ3n) is 6.46. The van der Waals surface area contributed by atoms with Gasteiger partial charge >= 0.3 is 0 Å². The Bertz CT molecular complexity index is 1170. The number of likely N-dealkylation sites (tertiary alicyclic amines) is 1. The zero-order valence-corrected chi connectivity index (χ0v) is 18.0. The second-order valence-corrected chi connectivity index (χ2v) is 10.5. The van der Waals surface area contributed by atoms with Gasteiger partial charge in [0.15, 0.2) is 0 Å². The molecule has 2 aliphatic rings. The Labute approximate surface area is 181 Å². The predicted molar refractivity (Wildman–Crippen MR) is 113 cm³/mol. The summed E-state index contributed by atoms with van der Waals surface area (Å²) in [7, 11) is -1.73. The van der Waals surface area contributed by atoms with Gasteiger partial charge in [-0.3, -0.25) is 4.90 Å². The van der Waals surface area contributed by atoms with Gasteiger partial charge in [0.05, 0.1) is 4.90 Å². The average molecular weight is 442 g/mol. The second-order valence-electron chi connectivity index (χ2n) is 8.60. The summed E-state index contributed by atoms with van der Waals surface area (Å²) in [6, 6.07) is 15.3. The van der Waals surface area contributed by atoms with Crippen LogP contribution in [0.4, 0.5) is 4.39 Å². The molecule has 0 bridgehead atoms. The van der Waals surface area contributed by atoms with Gasteiger partial charge in [-0.2, -0.15) is 4.31 Å². The lowest BCUT2D eigenvalue weighted by atomic mass is 9.72. The van der Waals surface area contributed by atoms with Gasteiger partial charge in [0, 0.05) is 51.1 Å². The molecule has 31 heavy (non-hydrogen) atoms. The lowest BCUT2D eigenvalue weighted by molar-refractivity contribution is 0.0599. The van der Waals surface area contributed by atoms with Gasteiger partial charge < -0.3 is 4.57 Å². The number of aryl methyl sites for hydroxylation is 1. The Morgan fingerprint density at radius 1 is 1.06 bits per heavy atom. The zero-order valence-electron chi connectivity index (χ0n) is 17.2. The van der Waals surface area contributed by atoms with Gasteiger partial charge in [-0.1, -0.05) is 30.3 Å². The highest BCUT2D eigenvalue weighted by atomic mass is 32.2. The van der Waals surface area contributed by atoms with E-state index in [0.29, 0.717) is 13.1 Å². The maximum Gasteiger partial charge on any atom is 0.243 e. The summed E-state index contributed by atoms with van der Waals surface area (Å²) in [5.41, 5.74) is 1.01. The summed E-state index contributed by atoms with van der Waals surface area (Å²) < 4.78 is 42.8. The first-order valence-corrected chi connectivity index (χ1v) is 11.7. The van der Waals surface area contributed by atoms with Gasteiger partial charge in [-0.05, 0) is 29.8 Å². The maximum absolute atomic E-state index is 13.3. The third kappa shape index (κ3) is 3.56. The molecule has 5 rings (SSSR count). The summed E-state index contributed by atoms with van der Waals surface area (Å²) >= 11 is 0. The van der Waals surface area contributed by atoms with Crippen molar-refractivity contribution in [2.45, 2.75) is 17.4 Å². The molecule has 2 aliphatic heterocycles. The smallest absolute Gasteiger partial charge is 0.243 e. The summed E-state index contributed by atoms with van der Waals surface area (Å²) in [6.07, 6.45) is 1.69. The van der Waals surface area contributed by atoms with E-state index in [1.54, 1.807) is 6.33 Å². The summed E-state index contributed by atoms with van der Waals surface area (Å²) in [5.74, 6) is 0.520. The van der Waals surface area contributed by atoms with E-state index in [-0.39, 0.29) is 16.2 Å². The molecule has 0 radical (unpaired) electrons. The minimum Gasteiger partial charge on any atom is -0.320 e. The van der Waals surface area contributed by atoms with Crippen LogP contribution in [0, 0.1) is 11.2 Å². The SMILES string of the molecule is Cn1cnnc1C1CN(Cc2ccccc2)CC12CN(S(=O)(=O)c1ccc(F)cc1)C2. The van der Waals surface area contributed by atoms with Crippen molar-refractivity contribution in [1.29, 1.82) is 0 Å². The number of benzene rings is 2. The highest BCUT2D eigenvalue weighted by molar-refractivity contribution is 7.89. The molecule has 1 unspecified atom stereocenters. The normalized spacial score (nSPS) is 21.4. The van der Waals surface area contributed by atoms with Crippen molar-refractivity contribution in [3.63, 3.8) is 0 Å². The van der Waals surface area contributed by atoms with E-state index in [9.17, 15) is 12.8 Å². The molecule has 0 N–H and O–H groups in total. The maximum atomic E-state index is 13.3. The number of aromatic nitrogens is 3. The van der Waals surface area contributed by atoms with Crippen molar-refractivity contribution in [3.05, 3.63) is 78.1 Å². The van der Waals surface area contributed by atoms with E-state index in [2.05, 4.69) is 27.2 Å². The third-order valence-corrected chi connectivity index (χ3v) is 8.27. The van der Waals surface area contributed by atoms with Crippen molar-refractivity contribution in [3.8, 4) is 0 Å². The molecule has 0 saturated carbocycles. The molecule has 1 atom stereocenters. The van der Waals surface area contributed by atoms with E-state index >= 15 is 0 Å². The van der Waals surface area contributed by atoms with Crippen molar-refractivity contribution < 1.29 is 12.8 Å². The Kier molecular flexibility index (Phi) is 4.91. The second kappa shape index (κ2) is 7.51. The largest absolute Gasteiger partial charge is 0.320 e. The molecule has 1 spiro atoms. The molecule has 2 saturated heterocycles. The van der Waals surface area contributed by atoms with Crippen molar-refractivity contribution in [2.75, 3.05) is 26.2 Å². The first-order chi connectivity index (χ1) is 14.9. The fourth-order valence-corrected chi connectivity index (χ4v) is 6.53. The van der Waals surface area contributed by atoms with Crippen LogP contribution in [0.2, 0.25) is 0 Å². The van der Waals surface area contributed by atoms with E-state index in [1.807, 2.05) is 29.8 Å². The van der Waals surface area contributed by atoms with Crippen LogP contribution in [0.5, 0.6) is 0 Å². The molecule has 3 aromatic rings. The van der Waals surface area contributed by atoms with Crippen LogP contribution in [0.15, 0.2) is 65.8 Å². The lowest BCUT2D eigenvalue weighted by Gasteiger charge is -2.49. The number of nitrogens with zero attached hydrogens (tertiary/aromatic N) is 5. The predicted octanol–water partition coefficient (Wildman–Crippen LogP) is 2.24. The van der Waals surface area contributed by atoms with Gasteiger partial charge in [-0.25, -0.2) is 12.8 Å².